The van der Waals surface area contributed by atoms with Crippen molar-refractivity contribution < 1.29 is 78.9 Å². The highest BCUT2D eigenvalue weighted by molar-refractivity contribution is 7.47. The van der Waals surface area contributed by atoms with E-state index in [1.807, 2.05) is 0 Å². The van der Waals surface area contributed by atoms with Gasteiger partial charge < -0.3 is 40.9 Å². The number of carboxylic acid groups (broad SMARTS) is 2. The lowest BCUT2D eigenvalue weighted by Gasteiger charge is -2.23. The SMILES string of the molecule is CCOP(=O)(O)OCCc1ccc(C(=N)N)cc1OCCNC(=O)c1ccc(OC2CCNCC2)cc1.O=C(O)C(F)(F)F.O=C(O)C(F)(F)F. The Bertz CT molecular complexity index is 1460. The molecule has 0 aliphatic carbocycles. The van der Waals surface area contributed by atoms with Gasteiger partial charge in [-0.2, -0.15) is 26.3 Å². The number of ether oxygens (including phenoxy) is 2. The number of halogens is 6. The Morgan fingerprint density at radius 2 is 1.47 bits per heavy atom. The van der Waals surface area contributed by atoms with E-state index in [1.54, 1.807) is 49.4 Å². The maximum Gasteiger partial charge on any atom is 0.490 e. The number of carbonyl (C=O) groups excluding carboxylic acids is 1. The first-order valence-corrected chi connectivity index (χ1v) is 16.2. The van der Waals surface area contributed by atoms with Crippen molar-refractivity contribution in [2.24, 2.45) is 5.73 Å². The zero-order valence-corrected chi connectivity index (χ0v) is 27.8. The molecule has 1 saturated heterocycles. The second-order valence-electron chi connectivity index (χ2n) is 10.0. The minimum Gasteiger partial charge on any atom is -0.491 e. The third kappa shape index (κ3) is 18.4. The van der Waals surface area contributed by atoms with Gasteiger partial charge in [-0.25, -0.2) is 14.2 Å². The number of amidine groups is 1. The van der Waals surface area contributed by atoms with Crippen molar-refractivity contribution in [2.75, 3.05) is 39.5 Å². The Morgan fingerprint density at radius 1 is 0.941 bits per heavy atom. The molecule has 0 saturated carbocycles. The Hall–Kier alpha value is -4.43. The van der Waals surface area contributed by atoms with E-state index >= 15 is 0 Å². The number of amides is 1. The van der Waals surface area contributed by atoms with E-state index < -0.39 is 32.1 Å². The average molecular weight is 763 g/mol. The highest BCUT2D eigenvalue weighted by Crippen LogP contribution is 2.43. The quantitative estimate of drug-likeness (QED) is 0.0476. The normalized spacial score (nSPS) is 14.4. The molecule has 1 amide bonds. The molecule has 0 spiro atoms. The Kier molecular flexibility index (Phi) is 18.4. The first kappa shape index (κ1) is 44.6. The van der Waals surface area contributed by atoms with Gasteiger partial charge in [0.25, 0.3) is 5.91 Å². The number of aliphatic carboxylic acids is 2. The third-order valence-electron chi connectivity index (χ3n) is 6.13. The Balaban J connectivity index is 0.000000780. The van der Waals surface area contributed by atoms with Gasteiger partial charge >= 0.3 is 32.1 Å². The summed E-state index contributed by atoms with van der Waals surface area (Å²) in [6.07, 6.45) is -7.79. The number of nitrogen functional groups attached to an aromatic ring is 1. The number of carbonyl (C=O) groups is 3. The van der Waals surface area contributed by atoms with Gasteiger partial charge in [0.15, 0.2) is 0 Å². The number of rotatable bonds is 14. The first-order valence-electron chi connectivity index (χ1n) is 14.7. The van der Waals surface area contributed by atoms with Crippen LogP contribution in [0.5, 0.6) is 11.5 Å². The van der Waals surface area contributed by atoms with E-state index in [9.17, 15) is 40.6 Å². The average Bonchev–Trinajstić information content (AvgIpc) is 3.04. The van der Waals surface area contributed by atoms with Crippen molar-refractivity contribution >= 4 is 31.5 Å². The number of benzene rings is 2. The van der Waals surface area contributed by atoms with Gasteiger partial charge in [0, 0.05) is 17.5 Å². The third-order valence-corrected chi connectivity index (χ3v) is 7.23. The number of nitrogens with two attached hydrogens (primary N) is 1. The van der Waals surface area contributed by atoms with E-state index in [-0.39, 0.29) is 50.6 Å². The molecule has 51 heavy (non-hydrogen) atoms. The zero-order chi connectivity index (χ0) is 38.8. The predicted molar refractivity (Wildman–Crippen MR) is 167 cm³/mol. The second-order valence-corrected chi connectivity index (χ2v) is 11.5. The van der Waals surface area contributed by atoms with Crippen LogP contribution in [0.4, 0.5) is 26.3 Å². The largest absolute Gasteiger partial charge is 0.491 e. The molecule has 1 unspecified atom stereocenters. The van der Waals surface area contributed by atoms with Gasteiger partial charge in [0.2, 0.25) is 0 Å². The van der Waals surface area contributed by atoms with E-state index in [0.717, 1.165) is 31.7 Å². The molecule has 286 valence electrons. The Labute approximate surface area is 287 Å². The van der Waals surface area contributed by atoms with Crippen LogP contribution < -0.4 is 25.8 Å². The molecule has 1 aliphatic rings. The van der Waals surface area contributed by atoms with Crippen molar-refractivity contribution in [3.8, 4) is 11.5 Å². The van der Waals surface area contributed by atoms with Gasteiger partial charge in [-0.15, -0.1) is 0 Å². The lowest BCUT2D eigenvalue weighted by Crippen LogP contribution is -2.34. The van der Waals surface area contributed by atoms with Gasteiger partial charge in [-0.3, -0.25) is 19.3 Å². The minimum atomic E-state index is -5.08. The molecule has 1 fully saturated rings. The maximum atomic E-state index is 12.5. The van der Waals surface area contributed by atoms with Crippen molar-refractivity contribution in [3.63, 3.8) is 0 Å². The molecular formula is C29H37F6N4O11P. The molecule has 0 bridgehead atoms. The summed E-state index contributed by atoms with van der Waals surface area (Å²) in [5, 5.41) is 28.0. The van der Waals surface area contributed by atoms with Crippen LogP contribution >= 0.6 is 7.82 Å². The zero-order valence-electron chi connectivity index (χ0n) is 26.9. The van der Waals surface area contributed by atoms with Crippen molar-refractivity contribution in [1.29, 1.82) is 5.41 Å². The summed E-state index contributed by atoms with van der Waals surface area (Å²) < 4.78 is 96.7. The van der Waals surface area contributed by atoms with E-state index in [1.165, 1.54) is 0 Å². The standard InChI is InChI=1S/C25H35N4O7P.2C2HF3O2/c1-2-34-37(31,32)35-15-11-18-3-4-20(24(26)27)17-23(18)33-16-14-29-25(30)19-5-7-21(8-6-19)36-22-9-12-28-13-10-22;2*3-2(4,5)1(6)7/h3-8,17,22,28H,2,9-16H2,1H3,(H3,26,27)(H,29,30)(H,31,32);2*(H,6,7). The fourth-order valence-corrected chi connectivity index (χ4v) is 4.48. The van der Waals surface area contributed by atoms with Crippen molar-refractivity contribution in [3.05, 3.63) is 59.2 Å². The molecule has 3 rings (SSSR count). The molecule has 1 atom stereocenters. The Morgan fingerprint density at radius 3 is 1.96 bits per heavy atom. The van der Waals surface area contributed by atoms with Crippen LogP contribution in [0, 0.1) is 5.41 Å². The molecule has 8 N–H and O–H groups in total. The smallest absolute Gasteiger partial charge is 0.490 e. The number of hydrogen-bond donors (Lipinski definition) is 7. The minimum absolute atomic E-state index is 0.0530. The fourth-order valence-electron chi connectivity index (χ4n) is 3.75. The monoisotopic (exact) mass is 762 g/mol. The molecule has 1 aliphatic heterocycles. The topological polar surface area (TPSA) is 240 Å². The van der Waals surface area contributed by atoms with E-state index in [4.69, 9.17) is 49.5 Å². The van der Waals surface area contributed by atoms with Gasteiger partial charge in [-0.1, -0.05) is 12.1 Å². The predicted octanol–water partition coefficient (Wildman–Crippen LogP) is 3.87. The van der Waals surface area contributed by atoms with E-state index in [0.29, 0.717) is 22.4 Å². The number of carboxylic acids is 2. The fraction of sp³-hybridized carbons (Fsp3) is 0.448. The lowest BCUT2D eigenvalue weighted by molar-refractivity contribution is -0.193. The van der Waals surface area contributed by atoms with Crippen LogP contribution in [-0.4, -0.2) is 96.7 Å². The summed E-state index contributed by atoms with van der Waals surface area (Å²) in [4.78, 5) is 39.9. The number of hydrogen-bond acceptors (Lipinski definition) is 10. The highest BCUT2D eigenvalue weighted by atomic mass is 31.2. The van der Waals surface area contributed by atoms with Gasteiger partial charge in [-0.05, 0) is 68.8 Å². The molecule has 22 heteroatoms. The van der Waals surface area contributed by atoms with Crippen LogP contribution in [0.1, 0.15) is 41.3 Å². The van der Waals surface area contributed by atoms with Crippen LogP contribution in [0.2, 0.25) is 0 Å². The molecule has 0 aromatic heterocycles. The highest BCUT2D eigenvalue weighted by Gasteiger charge is 2.38. The van der Waals surface area contributed by atoms with Crippen molar-refractivity contribution in [1.82, 2.24) is 10.6 Å². The van der Waals surface area contributed by atoms with Gasteiger partial charge in [0.05, 0.1) is 19.8 Å². The number of alkyl halides is 6. The maximum absolute atomic E-state index is 12.5. The molecule has 2 aromatic carbocycles. The lowest BCUT2D eigenvalue weighted by atomic mass is 10.1. The molecular weight excluding hydrogens is 725 g/mol. The molecule has 2 aromatic rings. The molecule has 1 heterocycles. The number of phosphoric acid groups is 1. The summed E-state index contributed by atoms with van der Waals surface area (Å²) in [5.41, 5.74) is 7.27. The summed E-state index contributed by atoms with van der Waals surface area (Å²) in [7, 11) is -4.10. The number of piperidine rings is 1. The summed E-state index contributed by atoms with van der Waals surface area (Å²) in [6.45, 7) is 3.87. The van der Waals surface area contributed by atoms with E-state index in [2.05, 4.69) is 10.6 Å². The van der Waals surface area contributed by atoms with Crippen molar-refractivity contribution in [2.45, 2.75) is 44.6 Å². The molecule has 15 nitrogen and oxygen atoms in total. The van der Waals surface area contributed by atoms with Crippen LogP contribution in [-0.2, 0) is 29.6 Å². The molecule has 0 radical (unpaired) electrons. The second kappa shape index (κ2) is 21.1. The summed E-state index contributed by atoms with van der Waals surface area (Å²) >= 11 is 0. The first-order chi connectivity index (χ1) is 23.7. The van der Waals surface area contributed by atoms with Gasteiger partial charge in [0.1, 0.15) is 30.0 Å². The van der Waals surface area contributed by atoms with Crippen LogP contribution in [0.25, 0.3) is 0 Å². The number of phosphoric ester groups is 1. The summed E-state index contributed by atoms with van der Waals surface area (Å²) in [5.74, 6) is -4.69. The number of nitrogens with one attached hydrogen (secondary N) is 3. The summed E-state index contributed by atoms with van der Waals surface area (Å²) in [6, 6.07) is 12.0. The van der Waals surface area contributed by atoms with Crippen LogP contribution in [0.15, 0.2) is 42.5 Å². The van der Waals surface area contributed by atoms with Crippen LogP contribution in [0.3, 0.4) is 0 Å².